The summed E-state index contributed by atoms with van der Waals surface area (Å²) in [7, 11) is 0. The summed E-state index contributed by atoms with van der Waals surface area (Å²) in [6.07, 6.45) is -3.40. The van der Waals surface area contributed by atoms with Gasteiger partial charge in [-0.1, -0.05) is 42.1 Å². The molecule has 5 nitrogen and oxygen atoms in total. The van der Waals surface area contributed by atoms with Crippen molar-refractivity contribution in [3.05, 3.63) is 86.6 Å². The molecule has 0 radical (unpaired) electrons. The van der Waals surface area contributed by atoms with Gasteiger partial charge in [0.05, 0.1) is 33.9 Å². The number of nitrogens with one attached hydrogen (secondary N) is 2. The van der Waals surface area contributed by atoms with Crippen LogP contribution >= 0.6 is 11.8 Å². The molecule has 36 heavy (non-hydrogen) atoms. The van der Waals surface area contributed by atoms with Crippen LogP contribution in [-0.2, 0) is 15.8 Å². The summed E-state index contributed by atoms with van der Waals surface area (Å²) in [6.45, 7) is 3.79. The molecule has 1 atom stereocenters. The first-order valence-electron chi connectivity index (χ1n) is 11.4. The minimum atomic E-state index is -4.65. The number of rotatable bonds is 5. The van der Waals surface area contributed by atoms with E-state index >= 15 is 0 Å². The molecule has 0 unspecified atom stereocenters. The summed E-state index contributed by atoms with van der Waals surface area (Å²) in [6, 6.07) is 12.8. The predicted molar refractivity (Wildman–Crippen MR) is 133 cm³/mol. The number of aryl methyl sites for hydroxylation is 2. The monoisotopic (exact) mass is 511 g/mol. The van der Waals surface area contributed by atoms with Gasteiger partial charge in [-0.2, -0.15) is 18.4 Å². The number of alkyl halides is 3. The van der Waals surface area contributed by atoms with Crippen molar-refractivity contribution < 1.29 is 22.8 Å². The number of halogens is 3. The van der Waals surface area contributed by atoms with E-state index in [1.54, 1.807) is 0 Å². The maximum atomic E-state index is 13.9. The highest BCUT2D eigenvalue weighted by Crippen LogP contribution is 2.47. The average Bonchev–Trinajstić information content (AvgIpc) is 2.83. The number of hydrogen-bond acceptors (Lipinski definition) is 5. The van der Waals surface area contributed by atoms with Crippen LogP contribution in [0.5, 0.6) is 0 Å². The Morgan fingerprint density at radius 1 is 1.19 bits per heavy atom. The number of nitrogens with zero attached hydrogens (tertiary/aromatic N) is 1. The summed E-state index contributed by atoms with van der Waals surface area (Å²) in [4.78, 5) is 25.6. The van der Waals surface area contributed by atoms with Gasteiger partial charge in [-0.05, 0) is 55.5 Å². The standard InChI is InChI=1S/C27H24F3N3O2S/c1-15-10-11-16(2)21(12-15)32-23(35)14-36-26-18(13-31)24(25-20(33-26)8-5-9-22(25)34)17-6-3-4-7-19(17)27(28,29)30/h3-4,6-7,10-12,24,33H,5,8-9,14H2,1-2H3,(H,32,35)/t24-/m0/s1. The van der Waals surface area contributed by atoms with E-state index in [2.05, 4.69) is 10.6 Å². The molecular formula is C27H24F3N3O2S. The van der Waals surface area contributed by atoms with Crippen LogP contribution in [0.25, 0.3) is 0 Å². The van der Waals surface area contributed by atoms with Crippen molar-refractivity contribution in [3.63, 3.8) is 0 Å². The highest BCUT2D eigenvalue weighted by atomic mass is 32.2. The number of nitriles is 1. The molecular weight excluding hydrogens is 487 g/mol. The predicted octanol–water partition coefficient (Wildman–Crippen LogP) is 6.12. The molecule has 2 aromatic carbocycles. The number of anilines is 1. The van der Waals surface area contributed by atoms with Crippen LogP contribution in [0.2, 0.25) is 0 Å². The van der Waals surface area contributed by atoms with Crippen molar-refractivity contribution in [1.82, 2.24) is 5.32 Å². The number of ketones is 1. The third kappa shape index (κ3) is 5.19. The van der Waals surface area contributed by atoms with Gasteiger partial charge in [0, 0.05) is 23.4 Å². The molecule has 4 rings (SSSR count). The Hall–Kier alpha value is -3.51. The highest BCUT2D eigenvalue weighted by molar-refractivity contribution is 8.03. The Bertz CT molecular complexity index is 1340. The van der Waals surface area contributed by atoms with Crippen molar-refractivity contribution in [2.45, 2.75) is 45.2 Å². The number of carbonyl (C=O) groups is 2. The minimum absolute atomic E-state index is 0.00485. The van der Waals surface area contributed by atoms with E-state index in [9.17, 15) is 28.0 Å². The third-order valence-corrected chi connectivity index (χ3v) is 7.27. The molecule has 0 fully saturated rings. The van der Waals surface area contributed by atoms with Crippen molar-refractivity contribution in [1.29, 1.82) is 5.26 Å². The number of allylic oxidation sites excluding steroid dienone is 3. The lowest BCUT2D eigenvalue weighted by molar-refractivity contribution is -0.138. The molecule has 0 saturated heterocycles. The van der Waals surface area contributed by atoms with Gasteiger partial charge in [0.25, 0.3) is 0 Å². The van der Waals surface area contributed by atoms with E-state index in [1.165, 1.54) is 18.2 Å². The van der Waals surface area contributed by atoms with E-state index < -0.39 is 17.7 Å². The van der Waals surface area contributed by atoms with Crippen LogP contribution in [0.3, 0.4) is 0 Å². The van der Waals surface area contributed by atoms with Gasteiger partial charge in [0.1, 0.15) is 0 Å². The van der Waals surface area contributed by atoms with Gasteiger partial charge < -0.3 is 10.6 Å². The smallest absolute Gasteiger partial charge is 0.352 e. The summed E-state index contributed by atoms with van der Waals surface area (Å²) < 4.78 is 41.7. The molecule has 0 aromatic heterocycles. The molecule has 2 N–H and O–H groups in total. The molecule has 2 aliphatic rings. The molecule has 1 heterocycles. The van der Waals surface area contributed by atoms with Crippen LogP contribution < -0.4 is 10.6 Å². The van der Waals surface area contributed by atoms with Crippen molar-refractivity contribution in [2.24, 2.45) is 0 Å². The first-order chi connectivity index (χ1) is 17.1. The molecule has 1 amide bonds. The second kappa shape index (κ2) is 10.2. The van der Waals surface area contributed by atoms with Crippen molar-refractivity contribution >= 4 is 29.1 Å². The van der Waals surface area contributed by atoms with Crippen molar-refractivity contribution in [3.8, 4) is 6.07 Å². The lowest BCUT2D eigenvalue weighted by Crippen LogP contribution is -2.32. The molecule has 0 spiro atoms. The first-order valence-corrected chi connectivity index (χ1v) is 12.4. The fraction of sp³-hybridized carbons (Fsp3) is 0.296. The van der Waals surface area contributed by atoms with Gasteiger partial charge in [0.2, 0.25) is 5.91 Å². The van der Waals surface area contributed by atoms with Crippen molar-refractivity contribution in [2.75, 3.05) is 11.1 Å². The Morgan fingerprint density at radius 2 is 1.94 bits per heavy atom. The number of benzene rings is 2. The van der Waals surface area contributed by atoms with Crippen LogP contribution in [0, 0.1) is 25.2 Å². The number of dihydropyridines is 1. The molecule has 1 aliphatic carbocycles. The Labute approximate surface area is 211 Å². The zero-order valence-corrected chi connectivity index (χ0v) is 20.6. The van der Waals surface area contributed by atoms with Gasteiger partial charge in [-0.15, -0.1) is 0 Å². The van der Waals surface area contributed by atoms with E-state index in [-0.39, 0.29) is 40.6 Å². The fourth-order valence-corrected chi connectivity index (χ4v) is 5.41. The van der Waals surface area contributed by atoms with Crippen LogP contribution in [-0.4, -0.2) is 17.4 Å². The second-order valence-electron chi connectivity index (χ2n) is 8.82. The van der Waals surface area contributed by atoms with Gasteiger partial charge in [0.15, 0.2) is 5.78 Å². The molecule has 1 aliphatic heterocycles. The lowest BCUT2D eigenvalue weighted by atomic mass is 9.75. The number of amides is 1. The Balaban J connectivity index is 1.69. The summed E-state index contributed by atoms with van der Waals surface area (Å²) >= 11 is 1.04. The number of Topliss-reactive ketones (excluding diaryl/α,β-unsaturated/α-hetero) is 1. The maximum Gasteiger partial charge on any atom is 0.416 e. The Morgan fingerprint density at radius 3 is 2.67 bits per heavy atom. The molecule has 0 bridgehead atoms. The van der Waals surface area contributed by atoms with E-state index in [1.807, 2.05) is 38.1 Å². The van der Waals surface area contributed by atoms with Crippen LogP contribution in [0.15, 0.2) is 64.3 Å². The molecule has 186 valence electrons. The second-order valence-corrected chi connectivity index (χ2v) is 9.81. The summed E-state index contributed by atoms with van der Waals surface area (Å²) in [5, 5.41) is 16.3. The number of carbonyl (C=O) groups excluding carboxylic acids is 2. The van der Waals surface area contributed by atoms with E-state index in [0.717, 1.165) is 29.0 Å². The van der Waals surface area contributed by atoms with Gasteiger partial charge in [-0.25, -0.2) is 0 Å². The van der Waals surface area contributed by atoms with E-state index in [4.69, 9.17) is 0 Å². The van der Waals surface area contributed by atoms with Gasteiger partial charge >= 0.3 is 6.18 Å². The van der Waals surface area contributed by atoms with E-state index in [0.29, 0.717) is 29.3 Å². The number of hydrogen-bond donors (Lipinski definition) is 2. The molecule has 2 aromatic rings. The zero-order chi connectivity index (χ0) is 26.0. The first kappa shape index (κ1) is 25.6. The number of thioether (sulfide) groups is 1. The Kier molecular flexibility index (Phi) is 7.27. The quantitative estimate of drug-likeness (QED) is 0.505. The van der Waals surface area contributed by atoms with Crippen LogP contribution in [0.4, 0.5) is 18.9 Å². The summed E-state index contributed by atoms with van der Waals surface area (Å²) in [5.74, 6) is -1.80. The molecule has 9 heteroatoms. The topological polar surface area (TPSA) is 82.0 Å². The summed E-state index contributed by atoms with van der Waals surface area (Å²) in [5.41, 5.74) is 2.27. The molecule has 0 saturated carbocycles. The average molecular weight is 512 g/mol. The fourth-order valence-electron chi connectivity index (χ4n) is 4.55. The van der Waals surface area contributed by atoms with Gasteiger partial charge in [-0.3, -0.25) is 9.59 Å². The maximum absolute atomic E-state index is 13.9. The normalized spacial score (nSPS) is 17.9. The van der Waals surface area contributed by atoms with Crippen LogP contribution in [0.1, 0.15) is 47.4 Å². The zero-order valence-electron chi connectivity index (χ0n) is 19.8. The lowest BCUT2D eigenvalue weighted by Gasteiger charge is -2.34. The highest BCUT2D eigenvalue weighted by Gasteiger charge is 2.42. The minimum Gasteiger partial charge on any atom is -0.352 e. The largest absolute Gasteiger partial charge is 0.416 e. The third-order valence-electron chi connectivity index (χ3n) is 6.25. The SMILES string of the molecule is Cc1ccc(C)c(NC(=O)CSC2=C(C#N)[C@H](c3ccccc3C(F)(F)F)C3=C(CCCC3=O)N2)c1.